The number of nitrogen functional groups attached to an aromatic ring is 1. The summed E-state index contributed by atoms with van der Waals surface area (Å²) >= 11 is 0. The first kappa shape index (κ1) is 11.7. The fourth-order valence-corrected chi connectivity index (χ4v) is 2.26. The van der Waals surface area contributed by atoms with Crippen molar-refractivity contribution in [1.82, 2.24) is 9.97 Å². The Morgan fingerprint density at radius 2 is 1.84 bits per heavy atom. The zero-order chi connectivity index (χ0) is 13.1. The number of hydrogen-bond donors (Lipinski definition) is 1. The predicted molar refractivity (Wildman–Crippen MR) is 77.8 cm³/mol. The highest BCUT2D eigenvalue weighted by Gasteiger charge is 2.03. The van der Waals surface area contributed by atoms with E-state index in [2.05, 4.69) is 22.1 Å². The Balaban J connectivity index is 1.89. The lowest BCUT2D eigenvalue weighted by Gasteiger charge is -2.06. The van der Waals surface area contributed by atoms with Crippen LogP contribution in [0.1, 0.15) is 11.3 Å². The molecule has 0 spiro atoms. The molecule has 0 saturated carbocycles. The molecule has 3 heteroatoms. The first-order valence-corrected chi connectivity index (χ1v) is 6.37. The van der Waals surface area contributed by atoms with E-state index < -0.39 is 0 Å². The maximum absolute atomic E-state index is 5.72. The molecule has 0 bridgehead atoms. The van der Waals surface area contributed by atoms with Crippen LogP contribution < -0.4 is 5.73 Å². The molecule has 3 rings (SSSR count). The molecular weight excluding hydrogens is 234 g/mol. The summed E-state index contributed by atoms with van der Waals surface area (Å²) in [4.78, 5) is 8.71. The van der Waals surface area contributed by atoms with E-state index in [1.165, 1.54) is 10.9 Å². The van der Waals surface area contributed by atoms with Crippen LogP contribution >= 0.6 is 0 Å². The second kappa shape index (κ2) is 5.06. The summed E-state index contributed by atoms with van der Waals surface area (Å²) in [5.74, 6) is 0.564. The van der Waals surface area contributed by atoms with Crippen LogP contribution in [0.15, 0.2) is 54.7 Å². The van der Waals surface area contributed by atoms with Gasteiger partial charge >= 0.3 is 0 Å². The minimum atomic E-state index is 0.564. The molecule has 1 aromatic carbocycles. The molecule has 3 aromatic rings. The normalized spacial score (nSPS) is 10.7. The molecule has 0 amide bonds. The van der Waals surface area contributed by atoms with Crippen LogP contribution in [0.2, 0.25) is 0 Å². The number of aryl methyl sites for hydroxylation is 2. The van der Waals surface area contributed by atoms with Gasteiger partial charge in [-0.2, -0.15) is 0 Å². The van der Waals surface area contributed by atoms with Gasteiger partial charge in [-0.25, -0.2) is 4.98 Å². The van der Waals surface area contributed by atoms with Crippen molar-refractivity contribution in [2.75, 3.05) is 5.73 Å². The van der Waals surface area contributed by atoms with Gasteiger partial charge in [0, 0.05) is 17.3 Å². The van der Waals surface area contributed by atoms with Crippen molar-refractivity contribution in [2.45, 2.75) is 12.8 Å². The van der Waals surface area contributed by atoms with E-state index >= 15 is 0 Å². The summed E-state index contributed by atoms with van der Waals surface area (Å²) in [5, 5.41) is 1.17. The Bertz CT molecular complexity index is 693. The molecule has 0 atom stereocenters. The van der Waals surface area contributed by atoms with Gasteiger partial charge in [0.1, 0.15) is 5.82 Å². The molecule has 0 saturated heterocycles. The minimum Gasteiger partial charge on any atom is -0.384 e. The summed E-state index contributed by atoms with van der Waals surface area (Å²) in [7, 11) is 0. The Morgan fingerprint density at radius 1 is 0.895 bits per heavy atom. The molecule has 94 valence electrons. The number of hydrogen-bond acceptors (Lipinski definition) is 3. The van der Waals surface area contributed by atoms with Gasteiger partial charge in [-0.1, -0.05) is 18.2 Å². The number of benzene rings is 1. The average Bonchev–Trinajstić information content (AvgIpc) is 2.45. The molecule has 0 aliphatic rings. The fourth-order valence-electron chi connectivity index (χ4n) is 2.26. The third-order valence-electron chi connectivity index (χ3n) is 3.22. The topological polar surface area (TPSA) is 51.8 Å². The quantitative estimate of drug-likeness (QED) is 0.776. The van der Waals surface area contributed by atoms with Crippen LogP contribution in [0.3, 0.4) is 0 Å². The monoisotopic (exact) mass is 249 g/mol. The molecule has 0 aliphatic carbocycles. The van der Waals surface area contributed by atoms with Crippen LogP contribution in [-0.4, -0.2) is 9.97 Å². The van der Waals surface area contributed by atoms with Gasteiger partial charge in [0.05, 0.1) is 5.52 Å². The van der Waals surface area contributed by atoms with Gasteiger partial charge in [-0.05, 0) is 48.7 Å². The fraction of sp³-hybridized carbons (Fsp3) is 0.125. The van der Waals surface area contributed by atoms with Crippen molar-refractivity contribution in [1.29, 1.82) is 0 Å². The molecule has 0 radical (unpaired) electrons. The maximum Gasteiger partial charge on any atom is 0.124 e. The highest BCUT2D eigenvalue weighted by atomic mass is 14.8. The largest absolute Gasteiger partial charge is 0.384 e. The molecule has 0 fully saturated rings. The van der Waals surface area contributed by atoms with Crippen LogP contribution in [0.5, 0.6) is 0 Å². The van der Waals surface area contributed by atoms with Gasteiger partial charge in [-0.15, -0.1) is 0 Å². The Kier molecular flexibility index (Phi) is 3.11. The van der Waals surface area contributed by atoms with Gasteiger partial charge in [0.2, 0.25) is 0 Å². The van der Waals surface area contributed by atoms with E-state index in [1.807, 2.05) is 42.6 Å². The molecule has 0 aliphatic heterocycles. The van der Waals surface area contributed by atoms with Crippen LogP contribution in [0.25, 0.3) is 10.9 Å². The zero-order valence-corrected chi connectivity index (χ0v) is 10.6. The van der Waals surface area contributed by atoms with Crippen molar-refractivity contribution in [3.05, 3.63) is 66.0 Å². The van der Waals surface area contributed by atoms with Gasteiger partial charge < -0.3 is 5.73 Å². The Morgan fingerprint density at radius 3 is 2.68 bits per heavy atom. The summed E-state index contributed by atoms with van der Waals surface area (Å²) < 4.78 is 0. The summed E-state index contributed by atoms with van der Waals surface area (Å²) in [6.45, 7) is 0. The molecule has 2 aromatic heterocycles. The standard InChI is InChI=1S/C16H15N3/c17-16-10-9-14-12(4-3-6-15(14)19-16)7-8-13-5-1-2-11-18-13/h1-6,9-11H,7-8H2,(H2,17,19). The number of fused-ring (bicyclic) bond motifs is 1. The molecule has 19 heavy (non-hydrogen) atoms. The van der Waals surface area contributed by atoms with E-state index in [-0.39, 0.29) is 0 Å². The molecule has 3 nitrogen and oxygen atoms in total. The van der Waals surface area contributed by atoms with E-state index in [9.17, 15) is 0 Å². The average molecular weight is 249 g/mol. The highest BCUT2D eigenvalue weighted by Crippen LogP contribution is 2.19. The third kappa shape index (κ3) is 2.55. The van der Waals surface area contributed by atoms with Crippen molar-refractivity contribution >= 4 is 16.7 Å². The van der Waals surface area contributed by atoms with E-state index in [4.69, 9.17) is 5.73 Å². The SMILES string of the molecule is Nc1ccc2c(CCc3ccccn3)cccc2n1. The number of nitrogens with zero attached hydrogens (tertiary/aromatic N) is 2. The number of rotatable bonds is 3. The van der Waals surface area contributed by atoms with E-state index in [0.717, 1.165) is 24.1 Å². The lowest BCUT2D eigenvalue weighted by molar-refractivity contribution is 0.920. The summed E-state index contributed by atoms with van der Waals surface area (Å²) in [5.41, 5.74) is 9.08. The Labute approximate surface area is 112 Å². The second-order valence-electron chi connectivity index (χ2n) is 4.54. The van der Waals surface area contributed by atoms with Crippen LogP contribution in [0, 0.1) is 0 Å². The first-order valence-electron chi connectivity index (χ1n) is 6.37. The van der Waals surface area contributed by atoms with Crippen molar-refractivity contribution in [3.8, 4) is 0 Å². The molecule has 2 heterocycles. The van der Waals surface area contributed by atoms with Crippen LogP contribution in [0.4, 0.5) is 5.82 Å². The molecule has 2 N–H and O–H groups in total. The van der Waals surface area contributed by atoms with Gasteiger partial charge in [0.25, 0.3) is 0 Å². The number of anilines is 1. The first-order chi connectivity index (χ1) is 9.33. The second-order valence-corrected chi connectivity index (χ2v) is 4.54. The lowest BCUT2D eigenvalue weighted by atomic mass is 10.0. The Hall–Kier alpha value is -2.42. The van der Waals surface area contributed by atoms with Crippen LogP contribution in [-0.2, 0) is 12.8 Å². The zero-order valence-electron chi connectivity index (χ0n) is 10.6. The smallest absolute Gasteiger partial charge is 0.124 e. The van der Waals surface area contributed by atoms with E-state index in [1.54, 1.807) is 0 Å². The van der Waals surface area contributed by atoms with Crippen molar-refractivity contribution in [3.63, 3.8) is 0 Å². The molecular formula is C16H15N3. The highest BCUT2D eigenvalue weighted by molar-refractivity contribution is 5.83. The van der Waals surface area contributed by atoms with Gasteiger partial charge in [-0.3, -0.25) is 4.98 Å². The summed E-state index contributed by atoms with van der Waals surface area (Å²) in [6.07, 6.45) is 3.73. The lowest BCUT2D eigenvalue weighted by Crippen LogP contribution is -1.96. The number of pyridine rings is 2. The third-order valence-corrected chi connectivity index (χ3v) is 3.22. The van der Waals surface area contributed by atoms with Gasteiger partial charge in [0.15, 0.2) is 0 Å². The minimum absolute atomic E-state index is 0.564. The number of nitrogens with two attached hydrogens (primary N) is 1. The number of aromatic nitrogens is 2. The van der Waals surface area contributed by atoms with E-state index in [0.29, 0.717) is 5.82 Å². The molecule has 0 unspecified atom stereocenters. The predicted octanol–water partition coefficient (Wildman–Crippen LogP) is 3.00. The van der Waals surface area contributed by atoms with Crippen molar-refractivity contribution in [2.24, 2.45) is 0 Å². The maximum atomic E-state index is 5.72. The summed E-state index contributed by atoms with van der Waals surface area (Å²) in [6, 6.07) is 16.1. The van der Waals surface area contributed by atoms with Crippen molar-refractivity contribution < 1.29 is 0 Å².